The normalized spacial score (nSPS) is 38.5. The molecule has 5 unspecified atom stereocenters. The van der Waals surface area contributed by atoms with E-state index in [9.17, 15) is 0 Å². The van der Waals surface area contributed by atoms with Crippen LogP contribution in [0.3, 0.4) is 0 Å². The van der Waals surface area contributed by atoms with Crippen molar-refractivity contribution < 1.29 is 47.4 Å². The molecule has 38 heavy (non-hydrogen) atoms. The van der Waals surface area contributed by atoms with Crippen LogP contribution < -0.4 is 0 Å². The Hall–Kier alpha value is -1.18. The Morgan fingerprint density at radius 3 is 1.58 bits per heavy atom. The summed E-state index contributed by atoms with van der Waals surface area (Å²) in [5, 5.41) is 0. The second-order valence-corrected chi connectivity index (χ2v) is 10.4. The molecule has 0 amide bonds. The summed E-state index contributed by atoms with van der Waals surface area (Å²) in [7, 11) is 0. The van der Waals surface area contributed by atoms with Gasteiger partial charge in [0, 0.05) is 13.2 Å². The van der Waals surface area contributed by atoms with Crippen LogP contribution in [0.5, 0.6) is 0 Å². The fourth-order valence-electron chi connectivity index (χ4n) is 5.82. The van der Waals surface area contributed by atoms with E-state index in [0.717, 1.165) is 57.3 Å². The molecule has 1 aromatic carbocycles. The number of hydrogen-bond donors (Lipinski definition) is 0. The zero-order valence-electron chi connectivity index (χ0n) is 21.9. The molecule has 0 radical (unpaired) electrons. The lowest BCUT2D eigenvalue weighted by molar-refractivity contribution is -0.489. The third-order valence-corrected chi connectivity index (χ3v) is 7.70. The Bertz CT molecular complexity index is 786. The minimum atomic E-state index is -0.745. The molecule has 10 nitrogen and oxygen atoms in total. The van der Waals surface area contributed by atoms with Crippen LogP contribution in [0.1, 0.15) is 44.1 Å². The third kappa shape index (κ3) is 6.58. The van der Waals surface area contributed by atoms with Crippen molar-refractivity contribution in [1.82, 2.24) is 0 Å². The first kappa shape index (κ1) is 27.0. The minimum absolute atomic E-state index is 0.155. The van der Waals surface area contributed by atoms with Crippen molar-refractivity contribution in [3.63, 3.8) is 0 Å². The van der Waals surface area contributed by atoms with Crippen molar-refractivity contribution in [2.24, 2.45) is 0 Å². The Morgan fingerprint density at radius 2 is 1.08 bits per heavy atom. The second kappa shape index (κ2) is 13.5. The van der Waals surface area contributed by atoms with Crippen molar-refractivity contribution >= 4 is 0 Å². The zero-order chi connectivity index (χ0) is 25.6. The van der Waals surface area contributed by atoms with Gasteiger partial charge in [-0.25, -0.2) is 0 Å². The molecule has 10 heteroatoms. The van der Waals surface area contributed by atoms with Crippen molar-refractivity contribution in [2.45, 2.75) is 101 Å². The molecule has 1 aliphatic carbocycles. The van der Waals surface area contributed by atoms with Gasteiger partial charge < -0.3 is 47.4 Å². The summed E-state index contributed by atoms with van der Waals surface area (Å²) in [5.41, 5.74) is 1.08. The number of benzene rings is 1. The predicted octanol–water partition coefficient (Wildman–Crippen LogP) is 2.91. The lowest BCUT2D eigenvalue weighted by Gasteiger charge is -2.58. The minimum Gasteiger partial charge on any atom is -0.370 e. The Morgan fingerprint density at radius 1 is 0.579 bits per heavy atom. The van der Waals surface area contributed by atoms with E-state index in [4.69, 9.17) is 47.4 Å². The molecule has 4 bridgehead atoms. The fraction of sp³-hybridized carbons (Fsp3) is 0.786. The topological polar surface area (TPSA) is 92.3 Å². The van der Waals surface area contributed by atoms with Crippen LogP contribution in [0, 0.1) is 0 Å². The first-order valence-electron chi connectivity index (χ1n) is 14.2. The highest BCUT2D eigenvalue weighted by Gasteiger charge is 2.63. The van der Waals surface area contributed by atoms with Crippen LogP contribution in [0.2, 0.25) is 0 Å². The highest BCUT2D eigenvalue weighted by molar-refractivity contribution is 5.14. The van der Waals surface area contributed by atoms with E-state index < -0.39 is 6.48 Å². The largest absolute Gasteiger partial charge is 0.370 e. The summed E-state index contributed by atoms with van der Waals surface area (Å²) in [6.07, 6.45) is 3.81. The summed E-state index contributed by atoms with van der Waals surface area (Å²) in [6.45, 7) is 2.83. The van der Waals surface area contributed by atoms with E-state index in [1.807, 2.05) is 30.3 Å². The van der Waals surface area contributed by atoms with Crippen LogP contribution in [-0.4, -0.2) is 95.3 Å². The summed E-state index contributed by atoms with van der Waals surface area (Å²) in [4.78, 5) is 0. The average Bonchev–Trinajstić information content (AvgIpc) is 2.97. The molecule has 7 rings (SSSR count). The van der Waals surface area contributed by atoms with Crippen molar-refractivity contribution in [1.29, 1.82) is 0 Å². The maximum Gasteiger partial charge on any atom is 0.272 e. The van der Waals surface area contributed by atoms with Gasteiger partial charge in [-0.1, -0.05) is 30.3 Å². The van der Waals surface area contributed by atoms with Crippen molar-refractivity contribution in [3.05, 3.63) is 35.9 Å². The van der Waals surface area contributed by atoms with Gasteiger partial charge >= 0.3 is 0 Å². The van der Waals surface area contributed by atoms with E-state index in [1.165, 1.54) is 0 Å². The molecule has 1 aromatic rings. The summed E-state index contributed by atoms with van der Waals surface area (Å²) in [5.74, 6) is 0. The molecule has 0 aromatic heterocycles. The first-order chi connectivity index (χ1) is 18.8. The van der Waals surface area contributed by atoms with E-state index >= 15 is 0 Å². The molecule has 0 spiro atoms. The molecule has 5 saturated heterocycles. The van der Waals surface area contributed by atoms with Gasteiger partial charge in [0.15, 0.2) is 12.6 Å². The molecule has 6 aliphatic rings. The lowest BCUT2D eigenvalue weighted by Crippen LogP contribution is -2.76. The summed E-state index contributed by atoms with van der Waals surface area (Å²) >= 11 is 0. The quantitative estimate of drug-likeness (QED) is 0.351. The average molecular weight is 537 g/mol. The Balaban J connectivity index is 1.07. The molecule has 212 valence electrons. The molecular weight excluding hydrogens is 496 g/mol. The maximum atomic E-state index is 6.40. The Labute approximate surface area is 224 Å². The standard InChI is InChI=1S/C28H40O10/c1-2-8-19(9-3-1)18-35-24-26-22(33-16-14-31-20-10-4-6-12-29-20)25-23(27(24)38-28(36-25)37-26)34-17-15-32-21-11-5-7-13-30-21/h1-3,8-9,20-28H,4-7,10-18H2/t20?,21?,22-,23-,24?,25?,26-,27+,28?/m0/s1. The zero-order valence-corrected chi connectivity index (χ0v) is 21.9. The van der Waals surface area contributed by atoms with Crippen LogP contribution in [0.15, 0.2) is 30.3 Å². The Kier molecular flexibility index (Phi) is 9.56. The van der Waals surface area contributed by atoms with Crippen LogP contribution >= 0.6 is 0 Å². The smallest absolute Gasteiger partial charge is 0.272 e. The molecule has 9 atom stereocenters. The van der Waals surface area contributed by atoms with E-state index in [0.29, 0.717) is 33.0 Å². The molecule has 5 aliphatic heterocycles. The number of hydrogen-bond acceptors (Lipinski definition) is 10. The fourth-order valence-corrected chi connectivity index (χ4v) is 5.82. The van der Waals surface area contributed by atoms with Crippen molar-refractivity contribution in [3.8, 4) is 0 Å². The van der Waals surface area contributed by atoms with E-state index in [2.05, 4.69) is 0 Å². The van der Waals surface area contributed by atoms with Crippen LogP contribution in [-0.2, 0) is 54.0 Å². The van der Waals surface area contributed by atoms with Gasteiger partial charge in [-0.3, -0.25) is 0 Å². The molecule has 5 heterocycles. The monoisotopic (exact) mass is 536 g/mol. The van der Waals surface area contributed by atoms with Crippen LogP contribution in [0.25, 0.3) is 0 Å². The number of ether oxygens (including phenoxy) is 10. The number of rotatable bonds is 13. The van der Waals surface area contributed by atoms with Gasteiger partial charge in [-0.2, -0.15) is 0 Å². The van der Waals surface area contributed by atoms with E-state index in [1.54, 1.807) is 0 Å². The van der Waals surface area contributed by atoms with Gasteiger partial charge in [-0.15, -0.1) is 0 Å². The molecule has 6 fully saturated rings. The lowest BCUT2D eigenvalue weighted by atomic mass is 9.82. The van der Waals surface area contributed by atoms with Gasteiger partial charge in [-0.05, 0) is 44.1 Å². The highest BCUT2D eigenvalue weighted by Crippen LogP contribution is 2.43. The highest BCUT2D eigenvalue weighted by atomic mass is 16.9. The van der Waals surface area contributed by atoms with Gasteiger partial charge in [0.25, 0.3) is 6.48 Å². The van der Waals surface area contributed by atoms with E-state index in [-0.39, 0.29) is 49.2 Å². The van der Waals surface area contributed by atoms with Crippen molar-refractivity contribution in [2.75, 3.05) is 39.6 Å². The maximum absolute atomic E-state index is 6.40. The van der Waals surface area contributed by atoms with Gasteiger partial charge in [0.1, 0.15) is 36.6 Å². The first-order valence-corrected chi connectivity index (χ1v) is 14.2. The molecule has 0 N–H and O–H groups in total. The molecular formula is C28H40O10. The second-order valence-electron chi connectivity index (χ2n) is 10.4. The van der Waals surface area contributed by atoms with Gasteiger partial charge in [0.2, 0.25) is 0 Å². The van der Waals surface area contributed by atoms with Crippen LogP contribution in [0.4, 0.5) is 0 Å². The summed E-state index contributed by atoms with van der Waals surface area (Å²) < 4.78 is 60.4. The third-order valence-electron chi connectivity index (χ3n) is 7.70. The van der Waals surface area contributed by atoms with Gasteiger partial charge in [0.05, 0.1) is 33.0 Å². The molecule has 1 saturated carbocycles. The predicted molar refractivity (Wildman–Crippen MR) is 132 cm³/mol. The summed E-state index contributed by atoms with van der Waals surface area (Å²) in [6, 6.07) is 10.1. The SMILES string of the molecule is c1ccc(COC2[C@H]3OC4OC([C@@H]3OCCOC3CCCCO3)[C@H](OCCOC3CCCCO3)[C@H]2O4)cc1.